The highest BCUT2D eigenvalue weighted by atomic mass is 16.3. The summed E-state index contributed by atoms with van der Waals surface area (Å²) in [5.74, 6) is 0. The van der Waals surface area contributed by atoms with Crippen molar-refractivity contribution in [1.29, 1.82) is 0 Å². The van der Waals surface area contributed by atoms with E-state index in [9.17, 15) is 0 Å². The molecule has 5 aromatic rings. The summed E-state index contributed by atoms with van der Waals surface area (Å²) in [6, 6.07) is 21.7. The summed E-state index contributed by atoms with van der Waals surface area (Å²) < 4.78 is 8.65. The molecule has 0 aliphatic carbocycles. The van der Waals surface area contributed by atoms with Crippen molar-refractivity contribution >= 4 is 43.7 Å². The summed E-state index contributed by atoms with van der Waals surface area (Å²) in [6.45, 7) is 4.46. The molecule has 0 saturated heterocycles. The van der Waals surface area contributed by atoms with Crippen LogP contribution in [0, 0.1) is 0 Å². The molecule has 0 aliphatic rings. The number of aromatic nitrogens is 1. The normalized spacial score (nSPS) is 12.3. The van der Waals surface area contributed by atoms with Crippen LogP contribution < -0.4 is 0 Å². The molecule has 112 valence electrons. The molecular weight excluding hydrogens is 282 g/mol. The Bertz CT molecular complexity index is 1190. The second-order valence-corrected chi connectivity index (χ2v) is 6.42. The number of rotatable bonds is 1. The number of benzene rings is 3. The second-order valence-electron chi connectivity index (χ2n) is 6.42. The lowest BCUT2D eigenvalue weighted by molar-refractivity contribution is 0.641. The lowest BCUT2D eigenvalue weighted by Gasteiger charge is -2.11. The Morgan fingerprint density at radius 3 is 2.30 bits per heavy atom. The third kappa shape index (κ3) is 1.58. The third-order valence-electron chi connectivity index (χ3n) is 4.73. The largest absolute Gasteiger partial charge is 0.455 e. The highest BCUT2D eigenvalue weighted by Crippen LogP contribution is 2.40. The van der Waals surface area contributed by atoms with Gasteiger partial charge >= 0.3 is 0 Å². The van der Waals surface area contributed by atoms with Crippen molar-refractivity contribution in [2.45, 2.75) is 19.9 Å². The summed E-state index contributed by atoms with van der Waals surface area (Å²) in [7, 11) is 0. The van der Waals surface area contributed by atoms with Gasteiger partial charge in [-0.25, -0.2) is 0 Å². The second kappa shape index (κ2) is 4.39. The van der Waals surface area contributed by atoms with Gasteiger partial charge in [0.1, 0.15) is 11.2 Å². The Labute approximate surface area is 133 Å². The van der Waals surface area contributed by atoms with Gasteiger partial charge in [0.05, 0.1) is 10.9 Å². The molecule has 0 spiro atoms. The van der Waals surface area contributed by atoms with Crippen molar-refractivity contribution in [3.8, 4) is 0 Å². The topological polar surface area (TPSA) is 18.1 Å². The number of furan rings is 1. The fraction of sp³-hybridized carbons (Fsp3) is 0.143. The SMILES string of the molecule is CC(C)n1c2ccccc2c2c3oc4ccccc4c3ccc21. The summed E-state index contributed by atoms with van der Waals surface area (Å²) in [5, 5.41) is 4.87. The lowest BCUT2D eigenvalue weighted by atomic mass is 10.1. The average molecular weight is 299 g/mol. The molecule has 0 amide bonds. The molecule has 0 aliphatic heterocycles. The van der Waals surface area contributed by atoms with Crippen LogP contribution in [0.15, 0.2) is 65.1 Å². The molecule has 5 rings (SSSR count). The molecule has 0 unspecified atom stereocenters. The van der Waals surface area contributed by atoms with E-state index in [1.54, 1.807) is 0 Å². The fourth-order valence-corrected chi connectivity index (χ4v) is 3.82. The zero-order valence-corrected chi connectivity index (χ0v) is 13.2. The van der Waals surface area contributed by atoms with E-state index in [0.29, 0.717) is 6.04 Å². The van der Waals surface area contributed by atoms with Crippen LogP contribution in [0.4, 0.5) is 0 Å². The summed E-state index contributed by atoms with van der Waals surface area (Å²) >= 11 is 0. The van der Waals surface area contributed by atoms with Gasteiger partial charge in [0.15, 0.2) is 0 Å². The summed E-state index contributed by atoms with van der Waals surface area (Å²) in [6.07, 6.45) is 0. The highest BCUT2D eigenvalue weighted by Gasteiger charge is 2.18. The van der Waals surface area contributed by atoms with Gasteiger partial charge < -0.3 is 8.98 Å². The molecule has 0 saturated carbocycles. The molecule has 0 bridgehead atoms. The first-order valence-corrected chi connectivity index (χ1v) is 8.08. The van der Waals surface area contributed by atoms with Gasteiger partial charge in [0.25, 0.3) is 0 Å². The van der Waals surface area contributed by atoms with E-state index in [2.05, 4.69) is 66.9 Å². The van der Waals surface area contributed by atoms with Crippen LogP contribution in [-0.4, -0.2) is 4.57 Å². The summed E-state index contributed by atoms with van der Waals surface area (Å²) in [5.41, 5.74) is 4.47. The zero-order valence-electron chi connectivity index (χ0n) is 13.2. The van der Waals surface area contributed by atoms with Crippen LogP contribution in [0.25, 0.3) is 43.7 Å². The maximum absolute atomic E-state index is 6.25. The minimum absolute atomic E-state index is 0.402. The number of hydrogen-bond donors (Lipinski definition) is 0. The maximum atomic E-state index is 6.25. The van der Waals surface area contributed by atoms with E-state index < -0.39 is 0 Å². The number of nitrogens with zero attached hydrogens (tertiary/aromatic N) is 1. The van der Waals surface area contributed by atoms with Crippen LogP contribution >= 0.6 is 0 Å². The molecule has 0 N–H and O–H groups in total. The molecule has 2 heteroatoms. The standard InChI is InChI=1S/C21H17NO/c1-13(2)22-17-9-5-3-8-16(17)20-18(22)12-11-15-14-7-4-6-10-19(14)23-21(15)20/h3-13H,1-2H3. The molecular formula is C21H17NO. The van der Waals surface area contributed by atoms with Gasteiger partial charge in [0.2, 0.25) is 0 Å². The van der Waals surface area contributed by atoms with Gasteiger partial charge in [-0.05, 0) is 38.1 Å². The van der Waals surface area contributed by atoms with Gasteiger partial charge in [-0.1, -0.05) is 36.4 Å². The predicted octanol–water partition coefficient (Wildman–Crippen LogP) is 6.27. The maximum Gasteiger partial charge on any atom is 0.145 e. The molecule has 2 heterocycles. The Morgan fingerprint density at radius 1 is 0.739 bits per heavy atom. The van der Waals surface area contributed by atoms with Crippen molar-refractivity contribution in [3.05, 3.63) is 60.7 Å². The molecule has 2 nitrogen and oxygen atoms in total. The van der Waals surface area contributed by atoms with E-state index in [1.807, 2.05) is 12.1 Å². The summed E-state index contributed by atoms with van der Waals surface area (Å²) in [4.78, 5) is 0. The smallest absolute Gasteiger partial charge is 0.145 e. The molecule has 2 aromatic heterocycles. The van der Waals surface area contributed by atoms with Crippen LogP contribution in [0.3, 0.4) is 0 Å². The number of para-hydroxylation sites is 2. The molecule has 0 fully saturated rings. The lowest BCUT2D eigenvalue weighted by Crippen LogP contribution is -1.99. The quantitative estimate of drug-likeness (QED) is 0.356. The Kier molecular flexibility index (Phi) is 2.44. The minimum atomic E-state index is 0.402. The van der Waals surface area contributed by atoms with E-state index in [1.165, 1.54) is 32.6 Å². The molecule has 0 atom stereocenters. The van der Waals surface area contributed by atoms with Crippen LogP contribution in [0.2, 0.25) is 0 Å². The molecule has 3 aromatic carbocycles. The van der Waals surface area contributed by atoms with Gasteiger partial charge in [-0.15, -0.1) is 0 Å². The highest BCUT2D eigenvalue weighted by molar-refractivity contribution is 6.23. The van der Waals surface area contributed by atoms with Gasteiger partial charge in [-0.3, -0.25) is 0 Å². The Morgan fingerprint density at radius 2 is 1.48 bits per heavy atom. The third-order valence-corrected chi connectivity index (χ3v) is 4.73. The van der Waals surface area contributed by atoms with Crippen molar-refractivity contribution in [3.63, 3.8) is 0 Å². The van der Waals surface area contributed by atoms with Crippen molar-refractivity contribution in [2.75, 3.05) is 0 Å². The first kappa shape index (κ1) is 12.8. The van der Waals surface area contributed by atoms with E-state index in [0.717, 1.165) is 11.2 Å². The Hall–Kier alpha value is -2.74. The van der Waals surface area contributed by atoms with Gasteiger partial charge in [-0.2, -0.15) is 0 Å². The van der Waals surface area contributed by atoms with Crippen LogP contribution in [-0.2, 0) is 0 Å². The zero-order chi connectivity index (χ0) is 15.6. The monoisotopic (exact) mass is 299 g/mol. The van der Waals surface area contributed by atoms with E-state index in [-0.39, 0.29) is 0 Å². The van der Waals surface area contributed by atoms with Crippen molar-refractivity contribution in [2.24, 2.45) is 0 Å². The average Bonchev–Trinajstić information content (AvgIpc) is 3.10. The Balaban J connectivity index is 2.11. The molecule has 0 radical (unpaired) electrons. The number of hydrogen-bond acceptors (Lipinski definition) is 1. The van der Waals surface area contributed by atoms with E-state index >= 15 is 0 Å². The van der Waals surface area contributed by atoms with Crippen LogP contribution in [0.5, 0.6) is 0 Å². The van der Waals surface area contributed by atoms with Crippen LogP contribution in [0.1, 0.15) is 19.9 Å². The fourth-order valence-electron chi connectivity index (χ4n) is 3.82. The van der Waals surface area contributed by atoms with Crippen molar-refractivity contribution in [1.82, 2.24) is 4.57 Å². The molecule has 23 heavy (non-hydrogen) atoms. The van der Waals surface area contributed by atoms with E-state index in [4.69, 9.17) is 4.42 Å². The van der Waals surface area contributed by atoms with Crippen molar-refractivity contribution < 1.29 is 4.42 Å². The predicted molar refractivity (Wildman–Crippen MR) is 97.1 cm³/mol. The van der Waals surface area contributed by atoms with Gasteiger partial charge in [0, 0.05) is 27.7 Å². The first-order chi connectivity index (χ1) is 11.3. The number of fused-ring (bicyclic) bond motifs is 7. The first-order valence-electron chi connectivity index (χ1n) is 8.08. The minimum Gasteiger partial charge on any atom is -0.455 e.